The first-order valence-electron chi connectivity index (χ1n) is 6.10. The molecule has 0 saturated carbocycles. The van der Waals surface area contributed by atoms with Crippen molar-refractivity contribution in [2.45, 2.75) is 47.1 Å². The molecule has 0 aliphatic carbocycles. The molecule has 4 heteroatoms. The molecule has 3 nitrogen and oxygen atoms in total. The summed E-state index contributed by atoms with van der Waals surface area (Å²) in [6, 6.07) is 0. The largest absolute Gasteiger partial charge is 0.250 e. The minimum Gasteiger partial charge on any atom is -0.250 e. The predicted molar refractivity (Wildman–Crippen MR) is 70.9 cm³/mol. The molecule has 0 spiro atoms. The molecule has 0 saturated heterocycles. The van der Waals surface area contributed by atoms with Gasteiger partial charge >= 0.3 is 0 Å². The van der Waals surface area contributed by atoms with Gasteiger partial charge in [-0.05, 0) is 11.8 Å². The second kappa shape index (κ2) is 6.38. The Morgan fingerprint density at radius 1 is 1.25 bits per heavy atom. The minimum atomic E-state index is 0.622. The second-order valence-electron chi connectivity index (χ2n) is 4.49. The van der Waals surface area contributed by atoms with Crippen molar-refractivity contribution in [1.29, 1.82) is 0 Å². The van der Waals surface area contributed by atoms with Crippen LogP contribution in [0.15, 0.2) is 0 Å². The van der Waals surface area contributed by atoms with E-state index in [9.17, 15) is 0 Å². The van der Waals surface area contributed by atoms with Gasteiger partial charge in [0, 0.05) is 24.7 Å². The maximum Gasteiger partial charge on any atom is 0.150 e. The van der Waals surface area contributed by atoms with Crippen LogP contribution < -0.4 is 0 Å². The van der Waals surface area contributed by atoms with Gasteiger partial charge in [0.15, 0.2) is 5.82 Å². The van der Waals surface area contributed by atoms with Gasteiger partial charge in [0.05, 0.1) is 0 Å². The Morgan fingerprint density at radius 3 is 2.38 bits per heavy atom. The normalized spacial score (nSPS) is 13.4. The first-order chi connectivity index (χ1) is 7.62. The van der Waals surface area contributed by atoms with E-state index in [1.807, 2.05) is 0 Å². The molecule has 1 aromatic rings. The van der Waals surface area contributed by atoms with Crippen molar-refractivity contribution in [3.8, 4) is 0 Å². The summed E-state index contributed by atoms with van der Waals surface area (Å²) in [7, 11) is 0. The lowest BCUT2D eigenvalue weighted by Crippen LogP contribution is -2.20. The zero-order valence-electron chi connectivity index (χ0n) is 10.7. The molecule has 0 aliphatic rings. The first kappa shape index (κ1) is 13.7. The highest BCUT2D eigenvalue weighted by atomic mass is 79.9. The Labute approximate surface area is 107 Å². The van der Waals surface area contributed by atoms with Crippen LogP contribution in [0, 0.1) is 11.8 Å². The van der Waals surface area contributed by atoms with E-state index in [4.69, 9.17) is 0 Å². The fourth-order valence-corrected chi connectivity index (χ4v) is 2.60. The lowest BCUT2D eigenvalue weighted by atomic mass is 9.98. The zero-order valence-corrected chi connectivity index (χ0v) is 12.3. The van der Waals surface area contributed by atoms with Crippen LogP contribution in [0.1, 0.15) is 39.3 Å². The molecule has 0 N–H and O–H groups in total. The Morgan fingerprint density at radius 2 is 1.94 bits per heavy atom. The van der Waals surface area contributed by atoms with Crippen LogP contribution in [0.4, 0.5) is 0 Å². The number of hydrogen-bond donors (Lipinski definition) is 0. The molecule has 0 fully saturated rings. The summed E-state index contributed by atoms with van der Waals surface area (Å²) in [6.45, 7) is 9.73. The molecule has 0 bridgehead atoms. The van der Waals surface area contributed by atoms with Gasteiger partial charge < -0.3 is 0 Å². The molecule has 16 heavy (non-hydrogen) atoms. The van der Waals surface area contributed by atoms with E-state index in [0.29, 0.717) is 11.8 Å². The molecule has 0 amide bonds. The van der Waals surface area contributed by atoms with Gasteiger partial charge in [0.2, 0.25) is 0 Å². The van der Waals surface area contributed by atoms with Gasteiger partial charge in [-0.1, -0.05) is 43.6 Å². The van der Waals surface area contributed by atoms with E-state index < -0.39 is 0 Å². The number of nitrogens with zero attached hydrogens (tertiary/aromatic N) is 3. The van der Waals surface area contributed by atoms with E-state index in [1.165, 1.54) is 0 Å². The monoisotopic (exact) mass is 287 g/mol. The van der Waals surface area contributed by atoms with Gasteiger partial charge in [-0.25, -0.2) is 9.67 Å². The Kier molecular flexibility index (Phi) is 5.46. The highest BCUT2D eigenvalue weighted by molar-refractivity contribution is 9.09. The van der Waals surface area contributed by atoms with E-state index in [0.717, 1.165) is 36.4 Å². The number of aryl methyl sites for hydroxylation is 2. The molecule has 1 unspecified atom stereocenters. The van der Waals surface area contributed by atoms with Crippen molar-refractivity contribution in [1.82, 2.24) is 14.8 Å². The first-order valence-corrected chi connectivity index (χ1v) is 7.23. The van der Waals surface area contributed by atoms with Crippen LogP contribution in [0.5, 0.6) is 0 Å². The van der Waals surface area contributed by atoms with E-state index in [-0.39, 0.29) is 0 Å². The standard InChI is InChI=1S/C12H22BrN3/c1-5-11-14-12(6-2)16(15-11)8-10(7-13)9(3)4/h9-10H,5-8H2,1-4H3. The van der Waals surface area contributed by atoms with Crippen molar-refractivity contribution in [3.63, 3.8) is 0 Å². The molecular weight excluding hydrogens is 266 g/mol. The van der Waals surface area contributed by atoms with Crippen LogP contribution in [-0.4, -0.2) is 20.1 Å². The minimum absolute atomic E-state index is 0.622. The highest BCUT2D eigenvalue weighted by Gasteiger charge is 2.16. The molecule has 1 atom stereocenters. The molecule has 0 aromatic carbocycles. The average molecular weight is 288 g/mol. The zero-order chi connectivity index (χ0) is 12.1. The predicted octanol–water partition coefficient (Wildman–Crippen LogP) is 3.07. The summed E-state index contributed by atoms with van der Waals surface area (Å²) in [5, 5.41) is 5.58. The van der Waals surface area contributed by atoms with E-state index in [2.05, 4.69) is 58.4 Å². The Hall–Kier alpha value is -0.380. The third kappa shape index (κ3) is 3.30. The van der Waals surface area contributed by atoms with Gasteiger partial charge in [-0.15, -0.1) is 0 Å². The summed E-state index contributed by atoms with van der Waals surface area (Å²) < 4.78 is 2.09. The summed E-state index contributed by atoms with van der Waals surface area (Å²) in [5.41, 5.74) is 0. The van der Waals surface area contributed by atoms with Crippen LogP contribution >= 0.6 is 15.9 Å². The van der Waals surface area contributed by atoms with Crippen molar-refractivity contribution in [3.05, 3.63) is 11.6 Å². The van der Waals surface area contributed by atoms with Crippen molar-refractivity contribution in [2.24, 2.45) is 11.8 Å². The smallest absolute Gasteiger partial charge is 0.150 e. The number of rotatable bonds is 6. The molecule has 0 aliphatic heterocycles. The molecular formula is C12H22BrN3. The Balaban J connectivity index is 2.81. The molecule has 0 radical (unpaired) electrons. The van der Waals surface area contributed by atoms with Crippen LogP contribution in [-0.2, 0) is 19.4 Å². The maximum absolute atomic E-state index is 4.55. The number of aromatic nitrogens is 3. The van der Waals surface area contributed by atoms with Crippen LogP contribution in [0.3, 0.4) is 0 Å². The fraction of sp³-hybridized carbons (Fsp3) is 0.833. The Bertz CT molecular complexity index is 320. The van der Waals surface area contributed by atoms with Gasteiger partial charge in [0.25, 0.3) is 0 Å². The fourth-order valence-electron chi connectivity index (χ4n) is 1.64. The lowest BCUT2D eigenvalue weighted by Gasteiger charge is -2.18. The molecule has 1 heterocycles. The van der Waals surface area contributed by atoms with Crippen LogP contribution in [0.2, 0.25) is 0 Å². The van der Waals surface area contributed by atoms with Gasteiger partial charge in [0.1, 0.15) is 5.82 Å². The number of alkyl halides is 1. The average Bonchev–Trinajstić information content (AvgIpc) is 2.67. The maximum atomic E-state index is 4.55. The van der Waals surface area contributed by atoms with Gasteiger partial charge in [-0.3, -0.25) is 0 Å². The molecule has 1 aromatic heterocycles. The van der Waals surface area contributed by atoms with Crippen molar-refractivity contribution in [2.75, 3.05) is 5.33 Å². The quantitative estimate of drug-likeness (QED) is 0.753. The summed E-state index contributed by atoms with van der Waals surface area (Å²) >= 11 is 3.58. The second-order valence-corrected chi connectivity index (χ2v) is 5.14. The third-order valence-electron chi connectivity index (χ3n) is 2.97. The molecule has 92 valence electrons. The topological polar surface area (TPSA) is 30.7 Å². The van der Waals surface area contributed by atoms with E-state index in [1.54, 1.807) is 0 Å². The van der Waals surface area contributed by atoms with Crippen LogP contribution in [0.25, 0.3) is 0 Å². The lowest BCUT2D eigenvalue weighted by molar-refractivity contribution is 0.350. The third-order valence-corrected chi connectivity index (χ3v) is 3.80. The number of hydrogen-bond acceptors (Lipinski definition) is 2. The molecule has 1 rings (SSSR count). The SMILES string of the molecule is CCc1nc(CC)n(CC(CBr)C(C)C)n1. The van der Waals surface area contributed by atoms with E-state index >= 15 is 0 Å². The summed E-state index contributed by atoms with van der Waals surface area (Å²) in [5.74, 6) is 3.37. The van der Waals surface area contributed by atoms with Crippen molar-refractivity contribution >= 4 is 15.9 Å². The number of halogens is 1. The summed E-state index contributed by atoms with van der Waals surface area (Å²) in [4.78, 5) is 4.53. The highest BCUT2D eigenvalue weighted by Crippen LogP contribution is 2.17. The summed E-state index contributed by atoms with van der Waals surface area (Å²) in [6.07, 6.45) is 1.88. The van der Waals surface area contributed by atoms with Gasteiger partial charge in [-0.2, -0.15) is 5.10 Å². The van der Waals surface area contributed by atoms with Crippen molar-refractivity contribution < 1.29 is 0 Å².